The van der Waals surface area contributed by atoms with Gasteiger partial charge in [-0.1, -0.05) is 0 Å². The molecule has 1 aromatic heterocycles. The highest BCUT2D eigenvalue weighted by molar-refractivity contribution is 6.02. The summed E-state index contributed by atoms with van der Waals surface area (Å²) in [5, 5.41) is 2.22. The molecule has 0 bridgehead atoms. The Morgan fingerprint density at radius 1 is 1.00 bits per heavy atom. The van der Waals surface area contributed by atoms with E-state index in [4.69, 9.17) is 4.42 Å². The van der Waals surface area contributed by atoms with Crippen LogP contribution in [0.2, 0.25) is 0 Å². The molecule has 0 saturated heterocycles. The van der Waals surface area contributed by atoms with E-state index in [2.05, 4.69) is 5.32 Å². The van der Waals surface area contributed by atoms with Crippen LogP contribution in [0.5, 0.6) is 0 Å². The molecular weight excluding hydrogens is 340 g/mol. The van der Waals surface area contributed by atoms with Crippen molar-refractivity contribution < 1.29 is 35.6 Å². The van der Waals surface area contributed by atoms with Gasteiger partial charge in [0.2, 0.25) is 5.78 Å². The molecule has 3 nitrogen and oxygen atoms in total. The fourth-order valence-corrected chi connectivity index (χ4v) is 1.75. The van der Waals surface area contributed by atoms with Gasteiger partial charge in [-0.3, -0.25) is 4.79 Å². The van der Waals surface area contributed by atoms with E-state index in [0.717, 1.165) is 12.3 Å². The molecule has 0 fully saturated rings. The molecule has 24 heavy (non-hydrogen) atoms. The Labute approximate surface area is 131 Å². The molecule has 0 aliphatic heterocycles. The second-order valence-electron chi connectivity index (χ2n) is 4.61. The van der Waals surface area contributed by atoms with E-state index in [1.807, 2.05) is 0 Å². The summed E-state index contributed by atoms with van der Waals surface area (Å²) in [7, 11) is 0. The molecule has 128 valence electrons. The average Bonchev–Trinajstić information content (AvgIpc) is 2.99. The molecule has 0 amide bonds. The third-order valence-electron chi connectivity index (χ3n) is 2.84. The van der Waals surface area contributed by atoms with Gasteiger partial charge in [0.15, 0.2) is 5.76 Å². The van der Waals surface area contributed by atoms with Crippen LogP contribution in [0, 0.1) is 0 Å². The number of alkyl halides is 6. The van der Waals surface area contributed by atoms with Crippen LogP contribution >= 0.6 is 0 Å². The van der Waals surface area contributed by atoms with Gasteiger partial charge in [0.1, 0.15) is 0 Å². The fraction of sp³-hybridized carbons (Fsp3) is 0.133. The van der Waals surface area contributed by atoms with Crippen molar-refractivity contribution in [2.45, 2.75) is 12.4 Å². The maximum Gasteiger partial charge on any atom is 0.416 e. The SMILES string of the molecule is O=C(C=CNc1cc(C(F)(F)F)cc(C(F)(F)F)c1)c1ccco1. The lowest BCUT2D eigenvalue weighted by atomic mass is 10.1. The predicted octanol–water partition coefficient (Wildman–Crippen LogP) is 5.13. The number of allylic oxidation sites excluding steroid dienone is 1. The lowest BCUT2D eigenvalue weighted by molar-refractivity contribution is -0.143. The van der Waals surface area contributed by atoms with E-state index >= 15 is 0 Å². The van der Waals surface area contributed by atoms with Gasteiger partial charge in [-0.15, -0.1) is 0 Å². The standard InChI is InChI=1S/C15H9F6NO2/c16-14(17,18)9-6-10(15(19,20)21)8-11(7-9)22-4-3-12(23)13-2-1-5-24-13/h1-8,22H. The lowest BCUT2D eigenvalue weighted by Gasteiger charge is -2.14. The maximum absolute atomic E-state index is 12.7. The van der Waals surface area contributed by atoms with Gasteiger partial charge in [-0.2, -0.15) is 26.3 Å². The molecule has 0 atom stereocenters. The summed E-state index contributed by atoms with van der Waals surface area (Å²) in [6.07, 6.45) is -6.78. The largest absolute Gasteiger partial charge is 0.461 e. The third kappa shape index (κ3) is 4.40. The van der Waals surface area contributed by atoms with Crippen molar-refractivity contribution in [3.8, 4) is 0 Å². The number of hydrogen-bond acceptors (Lipinski definition) is 3. The summed E-state index contributed by atoms with van der Waals surface area (Å²) >= 11 is 0. The van der Waals surface area contributed by atoms with E-state index in [0.29, 0.717) is 12.1 Å². The fourth-order valence-electron chi connectivity index (χ4n) is 1.75. The topological polar surface area (TPSA) is 42.2 Å². The highest BCUT2D eigenvalue weighted by atomic mass is 19.4. The molecule has 1 aromatic carbocycles. The van der Waals surface area contributed by atoms with Crippen molar-refractivity contribution in [3.05, 3.63) is 65.8 Å². The molecule has 1 N–H and O–H groups in total. The summed E-state index contributed by atoms with van der Waals surface area (Å²) in [6, 6.07) is 3.85. The molecule has 2 rings (SSSR count). The van der Waals surface area contributed by atoms with Gasteiger partial charge in [0.05, 0.1) is 17.4 Å². The van der Waals surface area contributed by atoms with Crippen molar-refractivity contribution in [1.82, 2.24) is 0 Å². The molecule has 0 aliphatic carbocycles. The molecule has 9 heteroatoms. The first-order chi connectivity index (χ1) is 11.1. The minimum absolute atomic E-state index is 0.0168. The maximum atomic E-state index is 12.7. The minimum atomic E-state index is -4.94. The Balaban J connectivity index is 2.24. The Morgan fingerprint density at radius 3 is 2.04 bits per heavy atom. The second kappa shape index (κ2) is 6.42. The van der Waals surface area contributed by atoms with E-state index in [1.165, 1.54) is 18.4 Å². The number of carbonyl (C=O) groups excluding carboxylic acids is 1. The highest BCUT2D eigenvalue weighted by Crippen LogP contribution is 2.37. The van der Waals surface area contributed by atoms with Crippen molar-refractivity contribution in [3.63, 3.8) is 0 Å². The number of ketones is 1. The number of nitrogens with one attached hydrogen (secondary N) is 1. The van der Waals surface area contributed by atoms with Crippen LogP contribution in [0.4, 0.5) is 32.0 Å². The van der Waals surface area contributed by atoms with Crippen molar-refractivity contribution >= 4 is 11.5 Å². The number of halogens is 6. The number of benzene rings is 1. The zero-order valence-electron chi connectivity index (χ0n) is 11.7. The Bertz CT molecular complexity index is 712. The number of carbonyl (C=O) groups is 1. The first-order valence-electron chi connectivity index (χ1n) is 6.38. The van der Waals surface area contributed by atoms with Gasteiger partial charge in [-0.25, -0.2) is 0 Å². The summed E-state index contributed by atoms with van der Waals surface area (Å²) in [5.74, 6) is -0.622. The lowest BCUT2D eigenvalue weighted by Crippen LogP contribution is -2.11. The molecule has 1 heterocycles. The third-order valence-corrected chi connectivity index (χ3v) is 2.84. The molecule has 0 spiro atoms. The van der Waals surface area contributed by atoms with Gasteiger partial charge in [0, 0.05) is 18.0 Å². The second-order valence-corrected chi connectivity index (χ2v) is 4.61. The van der Waals surface area contributed by atoms with Gasteiger partial charge in [-0.05, 0) is 30.3 Å². The molecule has 0 radical (unpaired) electrons. The van der Waals surface area contributed by atoms with Gasteiger partial charge < -0.3 is 9.73 Å². The minimum Gasteiger partial charge on any atom is -0.461 e. The molecular formula is C15H9F6NO2. The normalized spacial score (nSPS) is 12.6. The van der Waals surface area contributed by atoms with Crippen LogP contribution in [0.1, 0.15) is 21.7 Å². The quantitative estimate of drug-likeness (QED) is 0.473. The molecule has 2 aromatic rings. The summed E-state index contributed by atoms with van der Waals surface area (Å²) in [5.41, 5.74) is -3.36. The number of hydrogen-bond donors (Lipinski definition) is 1. The predicted molar refractivity (Wildman–Crippen MR) is 72.2 cm³/mol. The zero-order valence-corrected chi connectivity index (χ0v) is 11.7. The van der Waals surface area contributed by atoms with Crippen molar-refractivity contribution in [2.24, 2.45) is 0 Å². The van der Waals surface area contributed by atoms with Gasteiger partial charge >= 0.3 is 12.4 Å². The first kappa shape index (κ1) is 17.6. The van der Waals surface area contributed by atoms with Gasteiger partial charge in [0.25, 0.3) is 0 Å². The van der Waals surface area contributed by atoms with Crippen LogP contribution in [0.25, 0.3) is 0 Å². The summed E-state index contributed by atoms with van der Waals surface area (Å²) in [4.78, 5) is 11.6. The highest BCUT2D eigenvalue weighted by Gasteiger charge is 2.36. The monoisotopic (exact) mass is 349 g/mol. The van der Waals surface area contributed by atoms with Crippen LogP contribution in [-0.4, -0.2) is 5.78 Å². The zero-order chi connectivity index (χ0) is 18.0. The average molecular weight is 349 g/mol. The number of furan rings is 1. The van der Waals surface area contributed by atoms with E-state index < -0.39 is 35.0 Å². The van der Waals surface area contributed by atoms with Crippen LogP contribution in [-0.2, 0) is 12.4 Å². The molecule has 0 saturated carbocycles. The Morgan fingerprint density at radius 2 is 1.58 bits per heavy atom. The number of anilines is 1. The van der Waals surface area contributed by atoms with Crippen LogP contribution in [0.15, 0.2) is 53.3 Å². The van der Waals surface area contributed by atoms with E-state index in [-0.39, 0.29) is 11.8 Å². The summed E-state index contributed by atoms with van der Waals surface area (Å²) < 4.78 is 81.0. The molecule has 0 aliphatic rings. The molecule has 0 unspecified atom stereocenters. The van der Waals surface area contributed by atoms with Crippen molar-refractivity contribution in [1.29, 1.82) is 0 Å². The van der Waals surface area contributed by atoms with E-state index in [9.17, 15) is 31.1 Å². The smallest absolute Gasteiger partial charge is 0.416 e. The van der Waals surface area contributed by atoms with Crippen LogP contribution < -0.4 is 5.32 Å². The Kier molecular flexibility index (Phi) is 4.72. The Hall–Kier alpha value is -2.71. The van der Waals surface area contributed by atoms with Crippen LogP contribution in [0.3, 0.4) is 0 Å². The number of rotatable bonds is 4. The van der Waals surface area contributed by atoms with Crippen molar-refractivity contribution in [2.75, 3.05) is 5.32 Å². The first-order valence-corrected chi connectivity index (χ1v) is 6.38. The summed E-state index contributed by atoms with van der Waals surface area (Å²) in [6.45, 7) is 0. The van der Waals surface area contributed by atoms with E-state index in [1.54, 1.807) is 0 Å².